The van der Waals surface area contributed by atoms with Gasteiger partial charge in [0.25, 0.3) is 0 Å². The summed E-state index contributed by atoms with van der Waals surface area (Å²) in [5.74, 6) is 0. The van der Waals surface area contributed by atoms with Crippen molar-refractivity contribution in [3.63, 3.8) is 0 Å². The maximum Gasteiger partial charge on any atom is 0.0625 e. The first-order chi connectivity index (χ1) is 8.76. The molecule has 0 radical (unpaired) electrons. The number of nitrogens with zero attached hydrogens (tertiary/aromatic N) is 3. The molecule has 4 nitrogen and oxygen atoms in total. The van der Waals surface area contributed by atoms with Gasteiger partial charge in [0.1, 0.15) is 0 Å². The fraction of sp³-hybridized carbons (Fsp3) is 0.786. The SMILES string of the molecule is CCc1cc(CN2CCCC(NC)C2)n(CC)n1. The van der Waals surface area contributed by atoms with Crippen LogP contribution in [0.5, 0.6) is 0 Å². The lowest BCUT2D eigenvalue weighted by Gasteiger charge is -2.32. The third-order valence-electron chi connectivity index (χ3n) is 3.88. The van der Waals surface area contributed by atoms with E-state index in [9.17, 15) is 0 Å². The molecule has 18 heavy (non-hydrogen) atoms. The molecule has 1 unspecified atom stereocenters. The molecular weight excluding hydrogens is 224 g/mol. The molecule has 1 aliphatic heterocycles. The second kappa shape index (κ2) is 6.34. The fourth-order valence-electron chi connectivity index (χ4n) is 2.75. The van der Waals surface area contributed by atoms with Crippen LogP contribution in [0.3, 0.4) is 0 Å². The van der Waals surface area contributed by atoms with E-state index in [2.05, 4.69) is 47.0 Å². The van der Waals surface area contributed by atoms with Gasteiger partial charge >= 0.3 is 0 Å². The molecule has 0 bridgehead atoms. The van der Waals surface area contributed by atoms with Gasteiger partial charge in [-0.2, -0.15) is 5.10 Å². The largest absolute Gasteiger partial charge is 0.316 e. The summed E-state index contributed by atoms with van der Waals surface area (Å²) in [6, 6.07) is 2.93. The van der Waals surface area contributed by atoms with Crippen LogP contribution in [0.1, 0.15) is 38.1 Å². The van der Waals surface area contributed by atoms with Crippen LogP contribution in [-0.4, -0.2) is 40.9 Å². The molecule has 0 amide bonds. The zero-order valence-corrected chi connectivity index (χ0v) is 11.9. The van der Waals surface area contributed by atoms with Crippen molar-refractivity contribution in [3.8, 4) is 0 Å². The van der Waals surface area contributed by atoms with E-state index in [1.807, 2.05) is 0 Å². The molecule has 2 heterocycles. The zero-order chi connectivity index (χ0) is 13.0. The Labute approximate surface area is 110 Å². The average molecular weight is 250 g/mol. The maximum atomic E-state index is 4.63. The van der Waals surface area contributed by atoms with Crippen LogP contribution in [0, 0.1) is 0 Å². The Morgan fingerprint density at radius 3 is 2.94 bits per heavy atom. The lowest BCUT2D eigenvalue weighted by Crippen LogP contribution is -2.44. The van der Waals surface area contributed by atoms with Gasteiger partial charge in [-0.25, -0.2) is 0 Å². The molecular formula is C14H26N4. The van der Waals surface area contributed by atoms with Gasteiger partial charge in [-0.3, -0.25) is 9.58 Å². The van der Waals surface area contributed by atoms with Crippen molar-refractivity contribution >= 4 is 0 Å². The Morgan fingerprint density at radius 2 is 2.28 bits per heavy atom. The number of hydrogen-bond acceptors (Lipinski definition) is 3. The third kappa shape index (κ3) is 3.12. The van der Waals surface area contributed by atoms with Crippen LogP contribution < -0.4 is 5.32 Å². The molecule has 1 fully saturated rings. The summed E-state index contributed by atoms with van der Waals surface area (Å²) in [5, 5.41) is 8.03. The minimum atomic E-state index is 0.655. The van der Waals surface area contributed by atoms with E-state index in [4.69, 9.17) is 0 Å². The zero-order valence-electron chi connectivity index (χ0n) is 11.9. The van der Waals surface area contributed by atoms with Crippen molar-refractivity contribution in [2.24, 2.45) is 0 Å². The van der Waals surface area contributed by atoms with Crippen LogP contribution in [0.25, 0.3) is 0 Å². The lowest BCUT2D eigenvalue weighted by atomic mass is 10.1. The van der Waals surface area contributed by atoms with E-state index in [-0.39, 0.29) is 0 Å². The van der Waals surface area contributed by atoms with Crippen LogP contribution in [0.15, 0.2) is 6.07 Å². The fourth-order valence-corrected chi connectivity index (χ4v) is 2.75. The van der Waals surface area contributed by atoms with Crippen LogP contribution in [-0.2, 0) is 19.5 Å². The number of aryl methyl sites for hydroxylation is 2. The number of hydrogen-bond donors (Lipinski definition) is 1. The molecule has 2 rings (SSSR count). The molecule has 1 saturated heterocycles. The smallest absolute Gasteiger partial charge is 0.0625 e. The average Bonchev–Trinajstić information content (AvgIpc) is 2.81. The quantitative estimate of drug-likeness (QED) is 0.862. The predicted octanol–water partition coefficient (Wildman–Crippen LogP) is 1.65. The molecule has 0 spiro atoms. The maximum absolute atomic E-state index is 4.63. The molecule has 1 aromatic rings. The van der Waals surface area contributed by atoms with Crippen LogP contribution in [0.4, 0.5) is 0 Å². The second-order valence-corrected chi connectivity index (χ2v) is 5.16. The summed E-state index contributed by atoms with van der Waals surface area (Å²) >= 11 is 0. The lowest BCUT2D eigenvalue weighted by molar-refractivity contribution is 0.183. The summed E-state index contributed by atoms with van der Waals surface area (Å²) in [6.07, 6.45) is 3.63. The number of nitrogens with one attached hydrogen (secondary N) is 1. The summed E-state index contributed by atoms with van der Waals surface area (Å²) in [5.41, 5.74) is 2.58. The van der Waals surface area contributed by atoms with Gasteiger partial charge in [-0.15, -0.1) is 0 Å². The Hall–Kier alpha value is -0.870. The van der Waals surface area contributed by atoms with Gasteiger partial charge < -0.3 is 5.32 Å². The van der Waals surface area contributed by atoms with Gasteiger partial charge in [0.2, 0.25) is 0 Å². The summed E-state index contributed by atoms with van der Waals surface area (Å²) < 4.78 is 2.15. The molecule has 4 heteroatoms. The normalized spacial score (nSPS) is 21.4. The summed E-state index contributed by atoms with van der Waals surface area (Å²) in [4.78, 5) is 2.55. The highest BCUT2D eigenvalue weighted by Gasteiger charge is 2.19. The number of aromatic nitrogens is 2. The molecule has 1 atom stereocenters. The first kappa shape index (κ1) is 13.6. The van der Waals surface area contributed by atoms with Crippen LogP contribution >= 0.6 is 0 Å². The highest BCUT2D eigenvalue weighted by molar-refractivity contribution is 5.10. The number of likely N-dealkylation sites (tertiary alicyclic amines) is 1. The van der Waals surface area contributed by atoms with E-state index in [1.54, 1.807) is 0 Å². The molecule has 1 N–H and O–H groups in total. The van der Waals surface area contributed by atoms with Crippen LogP contribution in [0.2, 0.25) is 0 Å². The molecule has 0 aromatic carbocycles. The molecule has 0 saturated carbocycles. The minimum absolute atomic E-state index is 0.655. The highest BCUT2D eigenvalue weighted by Crippen LogP contribution is 2.14. The standard InChI is InChI=1S/C14H26N4/c1-4-12-9-14(18(5-2)16-12)11-17-8-6-7-13(10-17)15-3/h9,13,15H,4-8,10-11H2,1-3H3. The first-order valence-corrected chi connectivity index (χ1v) is 7.22. The minimum Gasteiger partial charge on any atom is -0.316 e. The Balaban J connectivity index is 2.01. The number of piperidine rings is 1. The van der Waals surface area contributed by atoms with E-state index in [1.165, 1.54) is 30.8 Å². The van der Waals surface area contributed by atoms with Gasteiger partial charge in [0.05, 0.1) is 11.4 Å². The van der Waals surface area contributed by atoms with E-state index >= 15 is 0 Å². The van der Waals surface area contributed by atoms with E-state index in [0.717, 1.165) is 26.1 Å². The van der Waals surface area contributed by atoms with Gasteiger partial charge in [0, 0.05) is 25.7 Å². The second-order valence-electron chi connectivity index (χ2n) is 5.16. The monoisotopic (exact) mass is 250 g/mol. The van der Waals surface area contributed by atoms with Crippen molar-refractivity contribution in [1.29, 1.82) is 0 Å². The third-order valence-corrected chi connectivity index (χ3v) is 3.88. The Morgan fingerprint density at radius 1 is 1.44 bits per heavy atom. The highest BCUT2D eigenvalue weighted by atomic mass is 15.3. The van der Waals surface area contributed by atoms with Gasteiger partial charge in [-0.1, -0.05) is 6.92 Å². The summed E-state index contributed by atoms with van der Waals surface area (Å²) in [6.45, 7) is 8.73. The first-order valence-electron chi connectivity index (χ1n) is 7.22. The predicted molar refractivity (Wildman–Crippen MR) is 74.6 cm³/mol. The molecule has 102 valence electrons. The van der Waals surface area contributed by atoms with Crippen molar-refractivity contribution in [2.45, 2.75) is 52.2 Å². The van der Waals surface area contributed by atoms with E-state index in [0.29, 0.717) is 6.04 Å². The molecule has 0 aliphatic carbocycles. The molecule has 1 aromatic heterocycles. The van der Waals surface area contributed by atoms with E-state index < -0.39 is 0 Å². The van der Waals surface area contributed by atoms with Crippen molar-refractivity contribution in [1.82, 2.24) is 20.0 Å². The number of rotatable bonds is 5. The van der Waals surface area contributed by atoms with Crippen molar-refractivity contribution < 1.29 is 0 Å². The Bertz CT molecular complexity index is 372. The summed E-state index contributed by atoms with van der Waals surface area (Å²) in [7, 11) is 2.07. The number of likely N-dealkylation sites (N-methyl/N-ethyl adjacent to an activating group) is 1. The Kier molecular flexibility index (Phi) is 4.78. The topological polar surface area (TPSA) is 33.1 Å². The van der Waals surface area contributed by atoms with Crippen molar-refractivity contribution in [2.75, 3.05) is 20.1 Å². The van der Waals surface area contributed by atoms with Crippen molar-refractivity contribution in [3.05, 3.63) is 17.5 Å². The van der Waals surface area contributed by atoms with Gasteiger partial charge in [-0.05, 0) is 45.8 Å². The van der Waals surface area contributed by atoms with Gasteiger partial charge in [0.15, 0.2) is 0 Å². The molecule has 1 aliphatic rings.